The van der Waals surface area contributed by atoms with Crippen LogP contribution >= 0.6 is 11.3 Å². The Morgan fingerprint density at radius 3 is 2.43 bits per heavy atom. The summed E-state index contributed by atoms with van der Waals surface area (Å²) < 4.78 is 13.0. The van der Waals surface area contributed by atoms with E-state index in [0.717, 1.165) is 48.6 Å². The van der Waals surface area contributed by atoms with Crippen LogP contribution in [0.25, 0.3) is 11.3 Å². The molecule has 21 heavy (non-hydrogen) atoms. The maximum absolute atomic E-state index is 13.0. The van der Waals surface area contributed by atoms with Crippen LogP contribution in [0.2, 0.25) is 0 Å². The van der Waals surface area contributed by atoms with Gasteiger partial charge in [-0.25, -0.2) is 9.37 Å². The van der Waals surface area contributed by atoms with E-state index in [-0.39, 0.29) is 5.82 Å². The van der Waals surface area contributed by atoms with Crippen LogP contribution in [0.1, 0.15) is 12.8 Å². The zero-order valence-electron chi connectivity index (χ0n) is 11.8. The highest BCUT2D eigenvalue weighted by Crippen LogP contribution is 2.31. The number of halogens is 1. The van der Waals surface area contributed by atoms with E-state index in [1.54, 1.807) is 23.5 Å². The van der Waals surface area contributed by atoms with Crippen LogP contribution in [0.3, 0.4) is 0 Å². The van der Waals surface area contributed by atoms with Crippen molar-refractivity contribution in [3.8, 4) is 11.3 Å². The Kier molecular flexibility index (Phi) is 3.39. The Hall–Kier alpha value is -1.46. The number of hydrogen-bond donors (Lipinski definition) is 0. The average Bonchev–Trinajstić information content (AvgIpc) is 3.26. The highest BCUT2D eigenvalue weighted by Gasteiger charge is 2.31. The van der Waals surface area contributed by atoms with Gasteiger partial charge in [0.1, 0.15) is 5.82 Å². The van der Waals surface area contributed by atoms with Crippen LogP contribution in [0.15, 0.2) is 29.6 Å². The molecule has 0 amide bonds. The van der Waals surface area contributed by atoms with Crippen molar-refractivity contribution in [1.82, 2.24) is 9.88 Å². The van der Waals surface area contributed by atoms with Crippen molar-refractivity contribution < 1.29 is 4.39 Å². The summed E-state index contributed by atoms with van der Waals surface area (Å²) in [6.45, 7) is 4.42. The first-order valence-corrected chi connectivity index (χ1v) is 8.38. The molecule has 1 aliphatic carbocycles. The second-order valence-corrected chi connectivity index (χ2v) is 6.61. The summed E-state index contributed by atoms with van der Waals surface area (Å²) in [6, 6.07) is 7.42. The summed E-state index contributed by atoms with van der Waals surface area (Å²) in [5.74, 6) is -0.203. The fraction of sp³-hybridized carbons (Fsp3) is 0.438. The number of aromatic nitrogens is 1. The molecule has 2 aliphatic rings. The molecule has 2 fully saturated rings. The zero-order chi connectivity index (χ0) is 14.2. The van der Waals surface area contributed by atoms with E-state index in [4.69, 9.17) is 4.98 Å². The molecule has 2 heterocycles. The molecule has 0 unspecified atom stereocenters. The Morgan fingerprint density at radius 2 is 1.76 bits per heavy atom. The third-order valence-electron chi connectivity index (χ3n) is 4.28. The minimum Gasteiger partial charge on any atom is -0.346 e. The molecule has 1 aliphatic heterocycles. The van der Waals surface area contributed by atoms with E-state index >= 15 is 0 Å². The van der Waals surface area contributed by atoms with Crippen LogP contribution in [0, 0.1) is 5.82 Å². The lowest BCUT2D eigenvalue weighted by molar-refractivity contribution is 0.248. The topological polar surface area (TPSA) is 19.4 Å². The predicted octanol–water partition coefficient (Wildman–Crippen LogP) is 3.23. The zero-order valence-corrected chi connectivity index (χ0v) is 12.7. The molecule has 2 aromatic rings. The third kappa shape index (κ3) is 2.80. The lowest BCUT2D eigenvalue weighted by atomic mass is 10.2. The largest absolute Gasteiger partial charge is 0.346 e. The van der Waals surface area contributed by atoms with Gasteiger partial charge < -0.3 is 4.90 Å². The van der Waals surface area contributed by atoms with E-state index in [2.05, 4.69) is 15.2 Å². The molecule has 110 valence electrons. The van der Waals surface area contributed by atoms with E-state index in [9.17, 15) is 4.39 Å². The van der Waals surface area contributed by atoms with Crippen LogP contribution in [0.5, 0.6) is 0 Å². The predicted molar refractivity (Wildman–Crippen MR) is 84.3 cm³/mol. The van der Waals surface area contributed by atoms with E-state index < -0.39 is 0 Å². The first-order valence-electron chi connectivity index (χ1n) is 7.50. The molecule has 5 heteroatoms. The van der Waals surface area contributed by atoms with Crippen molar-refractivity contribution >= 4 is 16.5 Å². The van der Waals surface area contributed by atoms with Crippen molar-refractivity contribution in [2.24, 2.45) is 0 Å². The van der Waals surface area contributed by atoms with Crippen molar-refractivity contribution in [3.63, 3.8) is 0 Å². The van der Waals surface area contributed by atoms with Gasteiger partial charge in [-0.3, -0.25) is 4.90 Å². The normalized spacial score (nSPS) is 20.0. The summed E-state index contributed by atoms with van der Waals surface area (Å²) in [5.41, 5.74) is 1.93. The molecular formula is C16H18FN3S. The maximum Gasteiger partial charge on any atom is 0.185 e. The SMILES string of the molecule is Fc1ccc(-c2csc(N3CCN(C4CC4)CC3)n2)cc1. The highest BCUT2D eigenvalue weighted by molar-refractivity contribution is 7.14. The molecule has 1 saturated carbocycles. The van der Waals surface area contributed by atoms with Crippen LogP contribution < -0.4 is 4.90 Å². The molecule has 3 nitrogen and oxygen atoms in total. The van der Waals surface area contributed by atoms with Crippen molar-refractivity contribution in [1.29, 1.82) is 0 Å². The van der Waals surface area contributed by atoms with Gasteiger partial charge in [0.15, 0.2) is 5.13 Å². The maximum atomic E-state index is 13.0. The fourth-order valence-electron chi connectivity index (χ4n) is 2.88. The lowest BCUT2D eigenvalue weighted by Gasteiger charge is -2.34. The Balaban J connectivity index is 1.45. The van der Waals surface area contributed by atoms with E-state index in [1.165, 1.54) is 25.0 Å². The third-order valence-corrected chi connectivity index (χ3v) is 5.18. The summed E-state index contributed by atoms with van der Waals surface area (Å²) in [7, 11) is 0. The first-order chi connectivity index (χ1) is 10.3. The number of thiazole rings is 1. The molecule has 0 bridgehead atoms. The number of hydrogen-bond acceptors (Lipinski definition) is 4. The second kappa shape index (κ2) is 5.39. The van der Waals surface area contributed by atoms with Gasteiger partial charge in [0, 0.05) is 43.2 Å². The average molecular weight is 303 g/mol. The molecule has 0 N–H and O–H groups in total. The number of anilines is 1. The molecular weight excluding hydrogens is 285 g/mol. The van der Waals surface area contributed by atoms with Gasteiger partial charge in [-0.15, -0.1) is 11.3 Å². The van der Waals surface area contributed by atoms with Crippen LogP contribution in [-0.2, 0) is 0 Å². The monoisotopic (exact) mass is 303 g/mol. The van der Waals surface area contributed by atoms with Crippen molar-refractivity contribution in [2.75, 3.05) is 31.1 Å². The number of rotatable bonds is 3. The Labute approximate surface area is 128 Å². The van der Waals surface area contributed by atoms with Gasteiger partial charge in [-0.05, 0) is 37.1 Å². The molecule has 0 radical (unpaired) electrons. The smallest absolute Gasteiger partial charge is 0.185 e. The highest BCUT2D eigenvalue weighted by atomic mass is 32.1. The Bertz CT molecular complexity index is 613. The fourth-order valence-corrected chi connectivity index (χ4v) is 3.77. The van der Waals surface area contributed by atoms with E-state index in [0.29, 0.717) is 0 Å². The second-order valence-electron chi connectivity index (χ2n) is 5.78. The summed E-state index contributed by atoms with van der Waals surface area (Å²) in [4.78, 5) is 9.70. The quantitative estimate of drug-likeness (QED) is 0.868. The van der Waals surface area contributed by atoms with Gasteiger partial charge >= 0.3 is 0 Å². The van der Waals surface area contributed by atoms with Crippen molar-refractivity contribution in [3.05, 3.63) is 35.5 Å². The molecule has 1 aromatic carbocycles. The first kappa shape index (κ1) is 13.2. The van der Waals surface area contributed by atoms with Gasteiger partial charge in [0.2, 0.25) is 0 Å². The van der Waals surface area contributed by atoms with Crippen LogP contribution in [0.4, 0.5) is 9.52 Å². The Morgan fingerprint density at radius 1 is 1.05 bits per heavy atom. The standard InChI is InChI=1S/C16H18FN3S/c17-13-3-1-12(2-4-13)15-11-21-16(18-15)20-9-7-19(8-10-20)14-5-6-14/h1-4,11,14H,5-10H2. The number of nitrogens with zero attached hydrogens (tertiary/aromatic N) is 3. The summed E-state index contributed by atoms with van der Waals surface area (Å²) in [6.07, 6.45) is 2.76. The van der Waals surface area contributed by atoms with Gasteiger partial charge in [0.05, 0.1) is 5.69 Å². The summed E-state index contributed by atoms with van der Waals surface area (Å²) >= 11 is 1.68. The van der Waals surface area contributed by atoms with Crippen LogP contribution in [-0.4, -0.2) is 42.1 Å². The van der Waals surface area contributed by atoms with Gasteiger partial charge in [-0.1, -0.05) is 0 Å². The molecule has 0 atom stereocenters. The number of piperazine rings is 1. The lowest BCUT2D eigenvalue weighted by Crippen LogP contribution is -2.47. The summed E-state index contributed by atoms with van der Waals surface area (Å²) in [5, 5.41) is 3.15. The minimum atomic E-state index is -0.203. The van der Waals surface area contributed by atoms with Crippen molar-refractivity contribution in [2.45, 2.75) is 18.9 Å². The number of benzene rings is 1. The minimum absolute atomic E-state index is 0.203. The molecule has 1 aromatic heterocycles. The molecule has 1 saturated heterocycles. The molecule has 0 spiro atoms. The van der Waals surface area contributed by atoms with Gasteiger partial charge in [0.25, 0.3) is 0 Å². The molecule has 4 rings (SSSR count). The van der Waals surface area contributed by atoms with Gasteiger partial charge in [-0.2, -0.15) is 0 Å². The van der Waals surface area contributed by atoms with E-state index in [1.807, 2.05) is 0 Å².